The Kier molecular flexibility index (Phi) is 5.62. The molecule has 0 bridgehead atoms. The van der Waals surface area contributed by atoms with E-state index in [0.29, 0.717) is 16.7 Å². The Morgan fingerprint density at radius 3 is 2.29 bits per heavy atom. The SMILES string of the molecule is C[C@@H]1C(=O)O[C@H]2[C@H](O)[C@]34[C@H]5C[C@@H](C(C)(C)C)[C@@]36[C@@H](OC(=O)[C@@H]6OCc3ccc(C(=O)c6ccccc6)cc3)O[C@]4(C(=O)O5)[C@@]12O. The Balaban J connectivity index is 1.21. The molecule has 2 N–H and O–H groups in total. The zero-order valence-corrected chi connectivity index (χ0v) is 25.2. The molecule has 236 valence electrons. The fourth-order valence-corrected chi connectivity index (χ4v) is 9.99. The van der Waals surface area contributed by atoms with Crippen LogP contribution >= 0.6 is 0 Å². The summed E-state index contributed by atoms with van der Waals surface area (Å²) in [7, 11) is 0. The highest BCUT2D eigenvalue weighted by Crippen LogP contribution is 2.84. The fraction of sp³-hybridized carbons (Fsp3) is 0.529. The lowest BCUT2D eigenvalue weighted by Crippen LogP contribution is -2.67. The Hall–Kier alpha value is -3.64. The molecule has 0 aromatic heterocycles. The van der Waals surface area contributed by atoms with Crippen LogP contribution in [0.25, 0.3) is 0 Å². The van der Waals surface area contributed by atoms with Crippen molar-refractivity contribution in [1.82, 2.24) is 0 Å². The average molecular weight is 619 g/mol. The molecule has 0 radical (unpaired) electrons. The van der Waals surface area contributed by atoms with Gasteiger partial charge in [0.1, 0.15) is 12.2 Å². The average Bonchev–Trinajstić information content (AvgIpc) is 3.73. The van der Waals surface area contributed by atoms with Crippen molar-refractivity contribution in [1.29, 1.82) is 0 Å². The summed E-state index contributed by atoms with van der Waals surface area (Å²) in [6, 6.07) is 15.7. The minimum atomic E-state index is -2.28. The number of hydrogen-bond acceptors (Lipinski definition) is 11. The summed E-state index contributed by atoms with van der Waals surface area (Å²) >= 11 is 0. The quantitative estimate of drug-likeness (QED) is 0.288. The maximum atomic E-state index is 13.9. The normalized spacial score (nSPS) is 43.8. The molecule has 11 heteroatoms. The van der Waals surface area contributed by atoms with E-state index >= 15 is 0 Å². The van der Waals surface area contributed by atoms with Crippen molar-refractivity contribution in [3.05, 3.63) is 71.3 Å². The first-order chi connectivity index (χ1) is 21.3. The van der Waals surface area contributed by atoms with Crippen molar-refractivity contribution >= 4 is 23.7 Å². The highest BCUT2D eigenvalue weighted by molar-refractivity contribution is 6.09. The smallest absolute Gasteiger partial charge is 0.343 e. The van der Waals surface area contributed by atoms with E-state index in [2.05, 4.69) is 0 Å². The van der Waals surface area contributed by atoms with Crippen LogP contribution < -0.4 is 0 Å². The van der Waals surface area contributed by atoms with Gasteiger partial charge in [-0.1, -0.05) is 75.4 Å². The van der Waals surface area contributed by atoms with Gasteiger partial charge >= 0.3 is 17.9 Å². The van der Waals surface area contributed by atoms with E-state index in [4.69, 9.17) is 23.7 Å². The maximum Gasteiger partial charge on any atom is 0.343 e. The first kappa shape index (κ1) is 28.8. The topological polar surface area (TPSA) is 155 Å². The van der Waals surface area contributed by atoms with Gasteiger partial charge in [-0.3, -0.25) is 9.59 Å². The van der Waals surface area contributed by atoms with E-state index in [9.17, 15) is 29.4 Å². The third kappa shape index (κ3) is 2.97. The van der Waals surface area contributed by atoms with Gasteiger partial charge in [0.25, 0.3) is 0 Å². The molecular weight excluding hydrogens is 584 g/mol. The monoisotopic (exact) mass is 618 g/mol. The standard InChI is InChI=1S/C34H34O11/c1-16-26(37)43-24-23(36)32-21-14-20(30(2,3)4)31(32)25(27(38)44-29(31)45-34(32,28(39)42-21)33(16,24)40)41-15-17-10-12-19(13-11-17)22(35)18-8-6-5-7-9-18/h5-13,16,20-21,23-25,29,36,40H,14-15H2,1-4H3/t16-,20+,21-,23+,24+,25+,29+,31-,32-,33-,34+/m1/s1. The number of carbonyl (C=O) groups is 4. The second kappa shape index (κ2) is 8.79. The Morgan fingerprint density at radius 1 is 0.956 bits per heavy atom. The number of esters is 3. The van der Waals surface area contributed by atoms with E-state index in [-0.39, 0.29) is 18.8 Å². The molecule has 4 heterocycles. The highest BCUT2D eigenvalue weighted by atomic mass is 16.8. The van der Waals surface area contributed by atoms with E-state index in [1.807, 2.05) is 26.8 Å². The number of ketones is 1. The number of fused-ring (bicyclic) bond motifs is 1. The minimum Gasteiger partial charge on any atom is -0.459 e. The fourth-order valence-electron chi connectivity index (χ4n) is 9.99. The van der Waals surface area contributed by atoms with Gasteiger partial charge in [-0.2, -0.15) is 0 Å². The third-order valence-electron chi connectivity index (χ3n) is 11.6. The summed E-state index contributed by atoms with van der Waals surface area (Å²) in [5.41, 5.74) is -6.57. The Morgan fingerprint density at radius 2 is 1.62 bits per heavy atom. The van der Waals surface area contributed by atoms with E-state index in [0.717, 1.165) is 0 Å². The molecule has 2 aromatic rings. The largest absolute Gasteiger partial charge is 0.459 e. The van der Waals surface area contributed by atoms with Crippen LogP contribution in [0.5, 0.6) is 0 Å². The van der Waals surface area contributed by atoms with Crippen molar-refractivity contribution in [3.8, 4) is 0 Å². The van der Waals surface area contributed by atoms with Gasteiger partial charge in [0.15, 0.2) is 23.6 Å². The molecule has 6 fully saturated rings. The molecule has 8 rings (SSSR count). The summed E-state index contributed by atoms with van der Waals surface area (Å²) in [4.78, 5) is 53.3. The first-order valence-corrected chi connectivity index (χ1v) is 15.3. The molecule has 6 aliphatic rings. The predicted molar refractivity (Wildman–Crippen MR) is 151 cm³/mol. The summed E-state index contributed by atoms with van der Waals surface area (Å²) in [6.45, 7) is 7.29. The summed E-state index contributed by atoms with van der Waals surface area (Å²) in [6.07, 6.45) is -6.55. The van der Waals surface area contributed by atoms with Crippen LogP contribution in [-0.2, 0) is 44.7 Å². The van der Waals surface area contributed by atoms with Gasteiger partial charge in [0, 0.05) is 11.1 Å². The number of aliphatic hydroxyl groups is 2. The number of rotatable bonds is 5. The van der Waals surface area contributed by atoms with Gasteiger partial charge in [-0.15, -0.1) is 0 Å². The molecule has 45 heavy (non-hydrogen) atoms. The Labute approximate surface area is 258 Å². The molecule has 0 unspecified atom stereocenters. The molecule has 4 saturated heterocycles. The maximum absolute atomic E-state index is 13.9. The third-order valence-corrected chi connectivity index (χ3v) is 11.6. The van der Waals surface area contributed by atoms with Crippen LogP contribution in [0.15, 0.2) is 54.6 Å². The van der Waals surface area contributed by atoms with Gasteiger partial charge in [-0.25, -0.2) is 9.59 Å². The van der Waals surface area contributed by atoms with E-state index in [1.54, 1.807) is 48.5 Å². The second-order valence-corrected chi connectivity index (χ2v) is 14.4. The molecule has 0 amide bonds. The predicted octanol–water partition coefficient (Wildman–Crippen LogP) is 2.09. The van der Waals surface area contributed by atoms with Crippen LogP contribution in [-0.4, -0.2) is 75.8 Å². The molecular formula is C34H34O11. The van der Waals surface area contributed by atoms with Crippen LogP contribution in [0, 0.1) is 28.1 Å². The summed E-state index contributed by atoms with van der Waals surface area (Å²) in [5.74, 6) is -4.25. The lowest BCUT2D eigenvalue weighted by Gasteiger charge is -2.48. The lowest BCUT2D eigenvalue weighted by atomic mass is 9.51. The number of carbonyl (C=O) groups excluding carboxylic acids is 4. The number of ether oxygens (including phenoxy) is 5. The number of benzene rings is 2. The van der Waals surface area contributed by atoms with Crippen molar-refractivity contribution in [2.24, 2.45) is 28.1 Å². The zero-order chi connectivity index (χ0) is 31.9. The number of aliphatic hydroxyl groups excluding tert-OH is 1. The van der Waals surface area contributed by atoms with Gasteiger partial charge in [-0.05, 0) is 30.2 Å². The minimum absolute atomic E-state index is 0.0668. The van der Waals surface area contributed by atoms with Crippen molar-refractivity contribution in [2.75, 3.05) is 0 Å². The van der Waals surface area contributed by atoms with Crippen molar-refractivity contribution in [2.45, 2.75) is 82.6 Å². The van der Waals surface area contributed by atoms with Crippen LogP contribution in [0.4, 0.5) is 0 Å². The molecule has 2 aromatic carbocycles. The number of hydrogen-bond donors (Lipinski definition) is 2. The molecule has 2 spiro atoms. The molecule has 11 nitrogen and oxygen atoms in total. The highest BCUT2D eigenvalue weighted by Gasteiger charge is 3.04. The van der Waals surface area contributed by atoms with Gasteiger partial charge < -0.3 is 33.9 Å². The molecule has 2 aliphatic carbocycles. The van der Waals surface area contributed by atoms with Crippen LogP contribution in [0.1, 0.15) is 55.6 Å². The summed E-state index contributed by atoms with van der Waals surface area (Å²) < 4.78 is 30.2. The second-order valence-electron chi connectivity index (χ2n) is 14.4. The van der Waals surface area contributed by atoms with E-state index < -0.39 is 87.9 Å². The lowest BCUT2D eigenvalue weighted by molar-refractivity contribution is -0.240. The molecule has 2 saturated carbocycles. The van der Waals surface area contributed by atoms with E-state index in [1.165, 1.54) is 6.92 Å². The molecule has 4 aliphatic heterocycles. The first-order valence-electron chi connectivity index (χ1n) is 15.3. The molecule has 11 atom stereocenters. The van der Waals surface area contributed by atoms with Crippen molar-refractivity contribution < 1.29 is 53.1 Å². The van der Waals surface area contributed by atoms with Gasteiger partial charge in [0.05, 0.1) is 23.4 Å². The van der Waals surface area contributed by atoms with Crippen LogP contribution in [0.3, 0.4) is 0 Å². The Bertz CT molecular complexity index is 1650. The summed E-state index contributed by atoms with van der Waals surface area (Å²) in [5, 5.41) is 24.5. The van der Waals surface area contributed by atoms with Crippen LogP contribution in [0.2, 0.25) is 0 Å². The zero-order valence-electron chi connectivity index (χ0n) is 25.2. The van der Waals surface area contributed by atoms with Crippen molar-refractivity contribution in [3.63, 3.8) is 0 Å². The van der Waals surface area contributed by atoms with Gasteiger partial charge in [0.2, 0.25) is 11.9 Å².